The number of nitrogens with one attached hydrogen (secondary N) is 1. The zero-order chi connectivity index (χ0) is 18.7. The Morgan fingerprint density at radius 2 is 2.12 bits per heavy atom. The number of anilines is 1. The molecule has 2 aromatic rings. The summed E-state index contributed by atoms with van der Waals surface area (Å²) in [7, 11) is 0. The fourth-order valence-electron chi connectivity index (χ4n) is 3.52. The Balaban J connectivity index is 1.62. The Morgan fingerprint density at radius 3 is 2.81 bits per heavy atom. The third-order valence-electron chi connectivity index (χ3n) is 4.42. The molecule has 1 amide bonds. The Labute approximate surface area is 156 Å². The standard InChI is InChI=1S/C18H22N4O3S/c1-12-6-13(2)9-21(8-12)10-15-11-26-18(19-15)20-17(23)14-4-3-5-16(7-14)22(24)25/h3-5,7,11-13H,6,8-10H2,1-2H3,(H,19,20,23)/t12-,13+. The summed E-state index contributed by atoms with van der Waals surface area (Å²) < 4.78 is 0. The zero-order valence-corrected chi connectivity index (χ0v) is 15.7. The lowest BCUT2D eigenvalue weighted by atomic mass is 9.92. The molecule has 7 nitrogen and oxygen atoms in total. The number of thiazole rings is 1. The number of nitro benzene ring substituents is 1. The van der Waals surface area contributed by atoms with E-state index in [1.54, 1.807) is 6.07 Å². The maximum absolute atomic E-state index is 12.3. The highest BCUT2D eigenvalue weighted by Gasteiger charge is 2.22. The highest BCUT2D eigenvalue weighted by Crippen LogP contribution is 2.24. The van der Waals surface area contributed by atoms with Crippen LogP contribution in [0.3, 0.4) is 0 Å². The second-order valence-corrected chi connectivity index (χ2v) is 7.90. The van der Waals surface area contributed by atoms with E-state index in [4.69, 9.17) is 0 Å². The number of aromatic nitrogens is 1. The highest BCUT2D eigenvalue weighted by molar-refractivity contribution is 7.13. The van der Waals surface area contributed by atoms with Crippen LogP contribution in [0.2, 0.25) is 0 Å². The molecule has 1 aromatic heterocycles. The molecule has 1 aromatic carbocycles. The summed E-state index contributed by atoms with van der Waals surface area (Å²) in [6, 6.07) is 5.67. The number of piperidine rings is 1. The molecule has 1 N–H and O–H groups in total. The summed E-state index contributed by atoms with van der Waals surface area (Å²) in [4.78, 5) is 29.5. The predicted molar refractivity (Wildman–Crippen MR) is 101 cm³/mol. The topological polar surface area (TPSA) is 88.4 Å². The van der Waals surface area contributed by atoms with E-state index >= 15 is 0 Å². The molecule has 2 heterocycles. The highest BCUT2D eigenvalue weighted by atomic mass is 32.1. The van der Waals surface area contributed by atoms with Gasteiger partial charge >= 0.3 is 0 Å². The van der Waals surface area contributed by atoms with Gasteiger partial charge in [0.15, 0.2) is 5.13 Å². The van der Waals surface area contributed by atoms with E-state index in [1.807, 2.05) is 5.38 Å². The summed E-state index contributed by atoms with van der Waals surface area (Å²) in [5, 5.41) is 16.0. The number of likely N-dealkylation sites (tertiary alicyclic amines) is 1. The van der Waals surface area contributed by atoms with Gasteiger partial charge in [0, 0.05) is 42.7 Å². The van der Waals surface area contributed by atoms with Crippen molar-refractivity contribution in [1.29, 1.82) is 0 Å². The molecule has 1 aliphatic heterocycles. The Hall–Kier alpha value is -2.32. The van der Waals surface area contributed by atoms with Crippen molar-refractivity contribution in [2.45, 2.75) is 26.8 Å². The third kappa shape index (κ3) is 4.64. The zero-order valence-electron chi connectivity index (χ0n) is 14.8. The van der Waals surface area contributed by atoms with E-state index in [0.29, 0.717) is 17.0 Å². The van der Waals surface area contributed by atoms with Gasteiger partial charge in [0.1, 0.15) is 0 Å². The van der Waals surface area contributed by atoms with Crippen molar-refractivity contribution in [3.05, 3.63) is 51.0 Å². The molecule has 138 valence electrons. The molecule has 1 saturated heterocycles. The summed E-state index contributed by atoms with van der Waals surface area (Å²) >= 11 is 1.37. The summed E-state index contributed by atoms with van der Waals surface area (Å²) in [6.45, 7) is 7.45. The fraction of sp³-hybridized carbons (Fsp3) is 0.444. The van der Waals surface area contributed by atoms with Crippen LogP contribution in [-0.2, 0) is 6.54 Å². The monoisotopic (exact) mass is 374 g/mol. The van der Waals surface area contributed by atoms with Crippen molar-refractivity contribution in [2.75, 3.05) is 18.4 Å². The third-order valence-corrected chi connectivity index (χ3v) is 5.23. The lowest BCUT2D eigenvalue weighted by molar-refractivity contribution is -0.384. The molecular formula is C18H22N4O3S. The number of hydrogen-bond acceptors (Lipinski definition) is 6. The van der Waals surface area contributed by atoms with Crippen LogP contribution in [0, 0.1) is 22.0 Å². The smallest absolute Gasteiger partial charge is 0.270 e. The number of carbonyl (C=O) groups is 1. The Bertz CT molecular complexity index is 797. The second kappa shape index (κ2) is 7.92. The second-order valence-electron chi connectivity index (χ2n) is 7.05. The average molecular weight is 374 g/mol. The van der Waals surface area contributed by atoms with Gasteiger partial charge < -0.3 is 0 Å². The van der Waals surface area contributed by atoms with E-state index < -0.39 is 10.8 Å². The SMILES string of the molecule is C[C@@H]1C[C@H](C)CN(Cc2csc(NC(=O)c3cccc([N+](=O)[O-])c3)n2)C1. The first-order valence-corrected chi connectivity index (χ1v) is 9.51. The van der Waals surface area contributed by atoms with Gasteiger partial charge in [-0.25, -0.2) is 4.98 Å². The molecule has 0 unspecified atom stereocenters. The molecule has 0 saturated carbocycles. The summed E-state index contributed by atoms with van der Waals surface area (Å²) in [5.74, 6) is 0.977. The molecule has 0 aliphatic carbocycles. The molecule has 1 aliphatic rings. The van der Waals surface area contributed by atoms with E-state index in [0.717, 1.165) is 25.3 Å². The van der Waals surface area contributed by atoms with Gasteiger partial charge in [-0.05, 0) is 24.3 Å². The minimum absolute atomic E-state index is 0.106. The van der Waals surface area contributed by atoms with Crippen LogP contribution in [0.1, 0.15) is 36.3 Å². The Kier molecular flexibility index (Phi) is 5.63. The van der Waals surface area contributed by atoms with Crippen LogP contribution in [0.5, 0.6) is 0 Å². The molecule has 0 bridgehead atoms. The van der Waals surface area contributed by atoms with Crippen molar-refractivity contribution >= 4 is 28.1 Å². The van der Waals surface area contributed by atoms with Crippen LogP contribution in [0.15, 0.2) is 29.6 Å². The van der Waals surface area contributed by atoms with Crippen molar-refractivity contribution in [1.82, 2.24) is 9.88 Å². The van der Waals surface area contributed by atoms with E-state index in [-0.39, 0.29) is 11.3 Å². The van der Waals surface area contributed by atoms with Crippen molar-refractivity contribution in [3.8, 4) is 0 Å². The number of amides is 1. The van der Waals surface area contributed by atoms with Crippen LogP contribution in [-0.4, -0.2) is 33.8 Å². The first-order valence-electron chi connectivity index (χ1n) is 8.63. The quantitative estimate of drug-likeness (QED) is 0.635. The summed E-state index contributed by atoms with van der Waals surface area (Å²) in [6.07, 6.45) is 1.26. The number of carbonyl (C=O) groups excluding carboxylic acids is 1. The number of nitro groups is 1. The molecule has 3 rings (SSSR count). The normalized spacial score (nSPS) is 20.7. The van der Waals surface area contributed by atoms with Crippen LogP contribution in [0.4, 0.5) is 10.8 Å². The predicted octanol–water partition coefficient (Wildman–Crippen LogP) is 3.78. The first-order chi connectivity index (χ1) is 12.4. The van der Waals surface area contributed by atoms with Gasteiger partial charge in [-0.3, -0.25) is 25.1 Å². The molecule has 0 spiro atoms. The van der Waals surface area contributed by atoms with Gasteiger partial charge in [-0.1, -0.05) is 19.9 Å². The van der Waals surface area contributed by atoms with Gasteiger partial charge in [-0.15, -0.1) is 11.3 Å². The molecule has 1 fully saturated rings. The lowest BCUT2D eigenvalue weighted by Gasteiger charge is -2.34. The first kappa shape index (κ1) is 18.5. The van der Waals surface area contributed by atoms with Gasteiger partial charge in [0.25, 0.3) is 11.6 Å². The van der Waals surface area contributed by atoms with Crippen LogP contribution in [0.25, 0.3) is 0 Å². The van der Waals surface area contributed by atoms with E-state index in [9.17, 15) is 14.9 Å². The maximum atomic E-state index is 12.3. The summed E-state index contributed by atoms with van der Waals surface area (Å²) in [5.41, 5.74) is 1.08. The van der Waals surface area contributed by atoms with E-state index in [2.05, 4.69) is 29.0 Å². The van der Waals surface area contributed by atoms with Gasteiger partial charge in [-0.2, -0.15) is 0 Å². The number of rotatable bonds is 5. The largest absolute Gasteiger partial charge is 0.298 e. The molecule has 0 radical (unpaired) electrons. The van der Waals surface area contributed by atoms with E-state index in [1.165, 1.54) is 36.0 Å². The van der Waals surface area contributed by atoms with Crippen molar-refractivity contribution in [2.24, 2.45) is 11.8 Å². The van der Waals surface area contributed by atoms with Crippen LogP contribution < -0.4 is 5.32 Å². The minimum Gasteiger partial charge on any atom is -0.298 e. The fourth-order valence-corrected chi connectivity index (χ4v) is 4.21. The Morgan fingerprint density at radius 1 is 1.38 bits per heavy atom. The number of non-ortho nitro benzene ring substituents is 1. The number of nitrogens with zero attached hydrogens (tertiary/aromatic N) is 3. The van der Waals surface area contributed by atoms with Gasteiger partial charge in [0.2, 0.25) is 0 Å². The lowest BCUT2D eigenvalue weighted by Crippen LogP contribution is -2.38. The number of hydrogen-bond donors (Lipinski definition) is 1. The molecule has 8 heteroatoms. The van der Waals surface area contributed by atoms with Crippen molar-refractivity contribution < 1.29 is 9.72 Å². The molecular weight excluding hydrogens is 352 g/mol. The maximum Gasteiger partial charge on any atom is 0.270 e. The average Bonchev–Trinajstić information content (AvgIpc) is 3.00. The minimum atomic E-state index is -0.515. The molecule has 2 atom stereocenters. The van der Waals surface area contributed by atoms with Crippen LogP contribution >= 0.6 is 11.3 Å². The molecule has 26 heavy (non-hydrogen) atoms. The van der Waals surface area contributed by atoms with Crippen molar-refractivity contribution in [3.63, 3.8) is 0 Å². The number of benzene rings is 1. The van der Waals surface area contributed by atoms with Gasteiger partial charge in [0.05, 0.1) is 10.6 Å².